The van der Waals surface area contributed by atoms with Crippen LogP contribution in [0.1, 0.15) is 38.2 Å². The first-order valence-corrected chi connectivity index (χ1v) is 11.6. The molecular weight excluding hydrogens is 434 g/mol. The van der Waals surface area contributed by atoms with Crippen molar-refractivity contribution in [3.05, 3.63) is 77.3 Å². The number of aryl methyl sites for hydroxylation is 1. The van der Waals surface area contributed by atoms with Crippen LogP contribution >= 0.6 is 11.6 Å². The van der Waals surface area contributed by atoms with Crippen LogP contribution in [-0.4, -0.2) is 25.4 Å². The van der Waals surface area contributed by atoms with Crippen LogP contribution in [0.15, 0.2) is 66.7 Å². The van der Waals surface area contributed by atoms with Crippen LogP contribution in [0.4, 0.5) is 0 Å². The molecule has 6 heteroatoms. The zero-order valence-corrected chi connectivity index (χ0v) is 19.3. The lowest BCUT2D eigenvalue weighted by atomic mass is 9.98. The second-order valence-corrected chi connectivity index (χ2v) is 8.45. The van der Waals surface area contributed by atoms with Crippen LogP contribution in [0.2, 0.25) is 5.02 Å². The molecule has 0 atom stereocenters. The van der Waals surface area contributed by atoms with Crippen LogP contribution in [0.5, 0.6) is 11.5 Å². The van der Waals surface area contributed by atoms with Crippen molar-refractivity contribution in [2.45, 2.75) is 39.0 Å². The second-order valence-electron chi connectivity index (χ2n) is 8.01. The fourth-order valence-electron chi connectivity index (χ4n) is 3.78. The van der Waals surface area contributed by atoms with Crippen LogP contribution in [0, 0.1) is 0 Å². The molecule has 0 unspecified atom stereocenters. The molecule has 0 saturated carbocycles. The Labute approximate surface area is 198 Å². The largest absolute Gasteiger partial charge is 0.508 e. The molecule has 33 heavy (non-hydrogen) atoms. The summed E-state index contributed by atoms with van der Waals surface area (Å²) in [6.07, 6.45) is 5.09. The number of hydrogen-bond acceptors (Lipinski definition) is 5. The summed E-state index contributed by atoms with van der Waals surface area (Å²) in [5.74, 6) is 0.469. The Morgan fingerprint density at radius 2 is 1.52 bits per heavy atom. The number of phenols is 2. The van der Waals surface area contributed by atoms with Crippen LogP contribution in [-0.2, 0) is 6.42 Å². The molecule has 0 bridgehead atoms. The van der Waals surface area contributed by atoms with E-state index in [2.05, 4.69) is 17.1 Å². The lowest BCUT2D eigenvalue weighted by Gasteiger charge is -2.14. The van der Waals surface area contributed by atoms with Crippen molar-refractivity contribution in [1.82, 2.24) is 15.2 Å². The van der Waals surface area contributed by atoms with Gasteiger partial charge >= 0.3 is 0 Å². The summed E-state index contributed by atoms with van der Waals surface area (Å²) in [6.45, 7) is 2.17. The number of phenolic OH excluding ortho intramolecular Hbond substituents is 2. The molecule has 0 spiro atoms. The van der Waals surface area contributed by atoms with E-state index >= 15 is 0 Å². The molecule has 1 aromatic heterocycles. The van der Waals surface area contributed by atoms with Gasteiger partial charge in [0, 0.05) is 27.8 Å². The average molecular weight is 460 g/mol. The van der Waals surface area contributed by atoms with Crippen LogP contribution in [0.3, 0.4) is 0 Å². The Morgan fingerprint density at radius 1 is 0.758 bits per heavy atom. The number of rotatable bonds is 8. The van der Waals surface area contributed by atoms with Gasteiger partial charge < -0.3 is 10.2 Å². The Hall–Kier alpha value is -3.44. The second kappa shape index (κ2) is 10.5. The van der Waals surface area contributed by atoms with E-state index in [0.717, 1.165) is 48.8 Å². The third-order valence-electron chi connectivity index (χ3n) is 5.59. The fraction of sp³-hybridized carbons (Fsp3) is 0.222. The molecule has 0 fully saturated rings. The molecule has 1 heterocycles. The minimum Gasteiger partial charge on any atom is -0.508 e. The van der Waals surface area contributed by atoms with Gasteiger partial charge in [-0.15, -0.1) is 10.2 Å². The maximum absolute atomic E-state index is 10.8. The molecule has 0 aliphatic rings. The van der Waals surface area contributed by atoms with E-state index in [-0.39, 0.29) is 11.5 Å². The van der Waals surface area contributed by atoms with Crippen molar-refractivity contribution < 1.29 is 10.2 Å². The number of aromatic hydroxyl groups is 2. The van der Waals surface area contributed by atoms with Crippen molar-refractivity contribution >= 4 is 11.6 Å². The zero-order valence-electron chi connectivity index (χ0n) is 18.5. The van der Waals surface area contributed by atoms with Crippen molar-refractivity contribution in [3.63, 3.8) is 0 Å². The summed E-state index contributed by atoms with van der Waals surface area (Å²) in [5.41, 5.74) is 3.98. The third kappa shape index (κ3) is 5.32. The Morgan fingerprint density at radius 3 is 2.24 bits per heavy atom. The highest BCUT2D eigenvalue weighted by molar-refractivity contribution is 6.30. The molecular formula is C27H26ClN3O2. The predicted molar refractivity (Wildman–Crippen MR) is 132 cm³/mol. The van der Waals surface area contributed by atoms with Gasteiger partial charge in [-0.05, 0) is 48.7 Å². The number of aromatic nitrogens is 3. The quantitative estimate of drug-likeness (QED) is 0.276. The minimum absolute atomic E-state index is 0.0513. The van der Waals surface area contributed by atoms with Crippen molar-refractivity contribution in [2.24, 2.45) is 0 Å². The zero-order chi connectivity index (χ0) is 23.2. The van der Waals surface area contributed by atoms with E-state index in [1.165, 1.54) is 6.07 Å². The van der Waals surface area contributed by atoms with E-state index in [4.69, 9.17) is 16.6 Å². The molecule has 0 saturated heterocycles. The number of nitrogens with zero attached hydrogens (tertiary/aromatic N) is 3. The number of benzene rings is 3. The smallest absolute Gasteiger partial charge is 0.182 e. The maximum atomic E-state index is 10.8. The molecule has 4 aromatic rings. The summed E-state index contributed by atoms with van der Waals surface area (Å²) in [6, 6.07) is 20.1. The van der Waals surface area contributed by atoms with Crippen molar-refractivity contribution in [3.8, 4) is 45.4 Å². The third-order valence-corrected chi connectivity index (χ3v) is 5.84. The highest BCUT2D eigenvalue weighted by Crippen LogP contribution is 2.39. The van der Waals surface area contributed by atoms with Gasteiger partial charge in [-0.3, -0.25) is 0 Å². The normalized spacial score (nSPS) is 11.0. The summed E-state index contributed by atoms with van der Waals surface area (Å²) in [4.78, 5) is 4.80. The van der Waals surface area contributed by atoms with Gasteiger partial charge in [-0.25, -0.2) is 4.98 Å². The summed E-state index contributed by atoms with van der Waals surface area (Å²) in [7, 11) is 0. The topological polar surface area (TPSA) is 79.1 Å². The number of unbranched alkanes of at least 4 members (excludes halogenated alkanes) is 3. The number of halogens is 1. The number of hydrogen-bond donors (Lipinski definition) is 2. The monoisotopic (exact) mass is 459 g/mol. The SMILES string of the molecule is CCCCCCc1cc(-c2nc(-c3ccc(Cl)cc3)nnc2-c2ccccc2)c(O)cc1O. The van der Waals surface area contributed by atoms with E-state index in [9.17, 15) is 10.2 Å². The van der Waals surface area contributed by atoms with Gasteiger partial charge in [0.1, 0.15) is 22.9 Å². The van der Waals surface area contributed by atoms with Crippen molar-refractivity contribution in [2.75, 3.05) is 0 Å². The standard InChI is InChI=1S/C27H26ClN3O2/c1-2-3-4-6-11-20-16-22(24(33)17-23(20)32)26-25(18-9-7-5-8-10-18)30-31-27(29-26)19-12-14-21(28)15-13-19/h5,7-10,12-17,32-33H,2-4,6,11H2,1H3. The lowest BCUT2D eigenvalue weighted by Crippen LogP contribution is -2.01. The van der Waals surface area contributed by atoms with E-state index < -0.39 is 0 Å². The summed E-state index contributed by atoms with van der Waals surface area (Å²) >= 11 is 6.03. The highest BCUT2D eigenvalue weighted by atomic mass is 35.5. The summed E-state index contributed by atoms with van der Waals surface area (Å²) < 4.78 is 0. The molecule has 0 amide bonds. The van der Waals surface area contributed by atoms with Crippen LogP contribution < -0.4 is 0 Å². The average Bonchev–Trinajstić information content (AvgIpc) is 2.84. The first-order chi connectivity index (χ1) is 16.1. The van der Waals surface area contributed by atoms with E-state index in [1.54, 1.807) is 12.1 Å². The first-order valence-electron chi connectivity index (χ1n) is 11.2. The van der Waals surface area contributed by atoms with Gasteiger partial charge in [-0.2, -0.15) is 0 Å². The highest BCUT2D eigenvalue weighted by Gasteiger charge is 2.19. The summed E-state index contributed by atoms with van der Waals surface area (Å²) in [5, 5.41) is 30.7. The lowest BCUT2D eigenvalue weighted by molar-refractivity contribution is 0.446. The Bertz CT molecular complexity index is 1230. The van der Waals surface area contributed by atoms with Gasteiger partial charge in [0.2, 0.25) is 0 Å². The molecule has 3 aromatic carbocycles. The van der Waals surface area contributed by atoms with Crippen LogP contribution in [0.25, 0.3) is 33.9 Å². The van der Waals surface area contributed by atoms with Gasteiger partial charge in [0.15, 0.2) is 5.82 Å². The van der Waals surface area contributed by atoms with Gasteiger partial charge in [0.05, 0.1) is 0 Å². The maximum Gasteiger partial charge on any atom is 0.182 e. The molecule has 0 radical (unpaired) electrons. The molecule has 0 aliphatic heterocycles. The Balaban J connectivity index is 1.83. The van der Waals surface area contributed by atoms with Crippen molar-refractivity contribution in [1.29, 1.82) is 0 Å². The van der Waals surface area contributed by atoms with E-state index in [1.807, 2.05) is 48.5 Å². The molecule has 0 aliphatic carbocycles. The molecule has 4 rings (SSSR count). The molecule has 5 nitrogen and oxygen atoms in total. The molecule has 168 valence electrons. The first kappa shape index (κ1) is 22.7. The predicted octanol–water partition coefficient (Wildman–Crippen LogP) is 7.06. The van der Waals surface area contributed by atoms with Gasteiger partial charge in [-0.1, -0.05) is 68.1 Å². The fourth-order valence-corrected chi connectivity index (χ4v) is 3.91. The van der Waals surface area contributed by atoms with E-state index in [0.29, 0.717) is 27.8 Å². The minimum atomic E-state index is -0.0513. The molecule has 2 N–H and O–H groups in total. The van der Waals surface area contributed by atoms with Gasteiger partial charge in [0.25, 0.3) is 0 Å². The Kier molecular flexibility index (Phi) is 7.20.